The third kappa shape index (κ3) is 2.60. The molecule has 0 bridgehead atoms. The molecule has 1 saturated heterocycles. The van der Waals surface area contributed by atoms with Crippen LogP contribution in [0.5, 0.6) is 0 Å². The molecule has 3 heterocycles. The lowest BCUT2D eigenvalue weighted by Gasteiger charge is -2.34. The maximum absolute atomic E-state index is 11.8. The van der Waals surface area contributed by atoms with Crippen LogP contribution in [0.2, 0.25) is 0 Å². The van der Waals surface area contributed by atoms with Crippen molar-refractivity contribution in [2.24, 2.45) is 0 Å². The van der Waals surface area contributed by atoms with Crippen LogP contribution in [-0.2, 0) is 0 Å². The van der Waals surface area contributed by atoms with E-state index in [0.717, 1.165) is 32.7 Å². The highest BCUT2D eigenvalue weighted by atomic mass is 16.3. The number of piperazine rings is 1. The number of nitrogens with one attached hydrogen (secondary N) is 1. The quantitative estimate of drug-likeness (QED) is 0.910. The summed E-state index contributed by atoms with van der Waals surface area (Å²) in [7, 11) is 0. The normalized spacial score (nSPS) is 16.6. The van der Waals surface area contributed by atoms with Crippen LogP contribution in [0.15, 0.2) is 33.7 Å². The van der Waals surface area contributed by atoms with Gasteiger partial charge < -0.3 is 14.2 Å². The van der Waals surface area contributed by atoms with E-state index in [1.165, 1.54) is 6.07 Å². The van der Waals surface area contributed by atoms with Gasteiger partial charge in [0.05, 0.1) is 6.26 Å². The first-order valence-corrected chi connectivity index (χ1v) is 6.89. The van der Waals surface area contributed by atoms with E-state index >= 15 is 0 Å². The number of hydrogen-bond donors (Lipinski definition) is 1. The zero-order valence-corrected chi connectivity index (χ0v) is 11.5. The fourth-order valence-electron chi connectivity index (χ4n) is 2.42. The molecule has 2 aromatic rings. The highest BCUT2D eigenvalue weighted by molar-refractivity contribution is 5.53. The molecule has 106 valence electrons. The van der Waals surface area contributed by atoms with Crippen LogP contribution in [-0.4, -0.2) is 47.6 Å². The van der Waals surface area contributed by atoms with Crippen LogP contribution in [0.1, 0.15) is 6.92 Å². The lowest BCUT2D eigenvalue weighted by Crippen LogP contribution is -2.47. The van der Waals surface area contributed by atoms with Gasteiger partial charge in [0, 0.05) is 32.2 Å². The van der Waals surface area contributed by atoms with E-state index in [-0.39, 0.29) is 5.56 Å². The molecule has 0 spiro atoms. The van der Waals surface area contributed by atoms with Gasteiger partial charge in [-0.15, -0.1) is 0 Å². The summed E-state index contributed by atoms with van der Waals surface area (Å²) in [5.41, 5.74) is 0.422. The van der Waals surface area contributed by atoms with Crippen molar-refractivity contribution in [1.82, 2.24) is 14.9 Å². The largest absolute Gasteiger partial charge is 0.463 e. The molecule has 1 aliphatic rings. The summed E-state index contributed by atoms with van der Waals surface area (Å²) >= 11 is 0. The second-order valence-corrected chi connectivity index (χ2v) is 4.85. The first kappa shape index (κ1) is 12.9. The van der Waals surface area contributed by atoms with E-state index in [1.54, 1.807) is 18.4 Å². The summed E-state index contributed by atoms with van der Waals surface area (Å²) < 4.78 is 5.31. The number of aromatic nitrogens is 2. The van der Waals surface area contributed by atoms with Gasteiger partial charge in [-0.2, -0.15) is 0 Å². The second kappa shape index (κ2) is 5.50. The van der Waals surface area contributed by atoms with Gasteiger partial charge >= 0.3 is 0 Å². The lowest BCUT2D eigenvalue weighted by molar-refractivity contribution is 0.270. The number of hydrogen-bond acceptors (Lipinski definition) is 5. The summed E-state index contributed by atoms with van der Waals surface area (Å²) in [4.78, 5) is 23.6. The Hall–Kier alpha value is -2.08. The highest BCUT2D eigenvalue weighted by Crippen LogP contribution is 2.18. The van der Waals surface area contributed by atoms with Crippen molar-refractivity contribution in [3.63, 3.8) is 0 Å². The fourth-order valence-corrected chi connectivity index (χ4v) is 2.42. The van der Waals surface area contributed by atoms with Gasteiger partial charge in [-0.1, -0.05) is 6.92 Å². The number of likely N-dealkylation sites (N-methyl/N-ethyl adjacent to an activating group) is 1. The van der Waals surface area contributed by atoms with Gasteiger partial charge in [-0.05, 0) is 18.7 Å². The smallest absolute Gasteiger partial charge is 0.252 e. The zero-order chi connectivity index (χ0) is 13.9. The molecule has 6 nitrogen and oxygen atoms in total. The number of anilines is 1. The van der Waals surface area contributed by atoms with Gasteiger partial charge in [0.2, 0.25) is 5.95 Å². The minimum atomic E-state index is -0.153. The van der Waals surface area contributed by atoms with Crippen molar-refractivity contribution < 1.29 is 4.42 Å². The molecular weight excluding hydrogens is 256 g/mol. The molecule has 1 N–H and O–H groups in total. The van der Waals surface area contributed by atoms with Gasteiger partial charge in [0.25, 0.3) is 5.56 Å². The van der Waals surface area contributed by atoms with Gasteiger partial charge in [-0.3, -0.25) is 9.78 Å². The van der Waals surface area contributed by atoms with E-state index in [0.29, 0.717) is 17.4 Å². The molecule has 0 radical (unpaired) electrons. The number of furan rings is 1. The highest BCUT2D eigenvalue weighted by Gasteiger charge is 2.18. The van der Waals surface area contributed by atoms with E-state index in [4.69, 9.17) is 4.42 Å². The van der Waals surface area contributed by atoms with Gasteiger partial charge in [0.15, 0.2) is 5.76 Å². The first-order chi connectivity index (χ1) is 9.76. The van der Waals surface area contributed by atoms with Crippen molar-refractivity contribution in [2.75, 3.05) is 37.6 Å². The number of rotatable bonds is 3. The van der Waals surface area contributed by atoms with Crippen LogP contribution in [0.4, 0.5) is 5.95 Å². The average molecular weight is 274 g/mol. The maximum Gasteiger partial charge on any atom is 0.252 e. The third-order valence-corrected chi connectivity index (χ3v) is 3.62. The second-order valence-electron chi connectivity index (χ2n) is 4.85. The van der Waals surface area contributed by atoms with Crippen molar-refractivity contribution in [2.45, 2.75) is 6.92 Å². The lowest BCUT2D eigenvalue weighted by atomic mass is 10.3. The number of nitrogens with zero attached hydrogens (tertiary/aromatic N) is 3. The third-order valence-electron chi connectivity index (χ3n) is 3.62. The van der Waals surface area contributed by atoms with Gasteiger partial charge in [-0.25, -0.2) is 4.98 Å². The molecule has 0 aromatic carbocycles. The Morgan fingerprint density at radius 1 is 1.35 bits per heavy atom. The molecule has 6 heteroatoms. The Kier molecular flexibility index (Phi) is 3.56. The molecule has 1 aliphatic heterocycles. The minimum absolute atomic E-state index is 0.153. The van der Waals surface area contributed by atoms with Crippen LogP contribution < -0.4 is 10.5 Å². The molecule has 0 amide bonds. The topological polar surface area (TPSA) is 65.4 Å². The van der Waals surface area contributed by atoms with E-state index in [2.05, 4.69) is 26.7 Å². The monoisotopic (exact) mass is 274 g/mol. The standard InChI is InChI=1S/C14H18N4O2/c1-2-17-5-7-18(8-6-17)14-15-11(10-13(19)16-14)12-4-3-9-20-12/h3-4,9-10H,2,5-8H2,1H3,(H,15,16,19). The Morgan fingerprint density at radius 3 is 2.80 bits per heavy atom. The molecule has 0 aliphatic carbocycles. The number of aromatic amines is 1. The van der Waals surface area contributed by atoms with Crippen molar-refractivity contribution in [1.29, 1.82) is 0 Å². The Bertz CT molecular complexity index is 612. The van der Waals surface area contributed by atoms with Crippen molar-refractivity contribution >= 4 is 5.95 Å². The SMILES string of the molecule is CCN1CCN(c2nc(-c3ccco3)cc(=O)[nH]2)CC1. The van der Waals surface area contributed by atoms with Crippen molar-refractivity contribution in [3.05, 3.63) is 34.8 Å². The predicted molar refractivity (Wildman–Crippen MR) is 76.9 cm³/mol. The minimum Gasteiger partial charge on any atom is -0.463 e. The molecule has 3 rings (SSSR count). The van der Waals surface area contributed by atoms with E-state index < -0.39 is 0 Å². The first-order valence-electron chi connectivity index (χ1n) is 6.89. The van der Waals surface area contributed by atoms with Crippen LogP contribution >= 0.6 is 0 Å². The van der Waals surface area contributed by atoms with Crippen LogP contribution in [0.25, 0.3) is 11.5 Å². The molecule has 0 unspecified atom stereocenters. The van der Waals surface area contributed by atoms with Crippen LogP contribution in [0.3, 0.4) is 0 Å². The summed E-state index contributed by atoms with van der Waals surface area (Å²) in [5, 5.41) is 0. The molecule has 0 saturated carbocycles. The molecule has 1 fully saturated rings. The van der Waals surface area contributed by atoms with E-state index in [9.17, 15) is 4.79 Å². The van der Waals surface area contributed by atoms with E-state index in [1.807, 2.05) is 0 Å². The van der Waals surface area contributed by atoms with Crippen LogP contribution in [0, 0.1) is 0 Å². The Balaban J connectivity index is 1.85. The molecular formula is C14H18N4O2. The summed E-state index contributed by atoms with van der Waals surface area (Å²) in [6, 6.07) is 5.06. The Morgan fingerprint density at radius 2 is 2.15 bits per heavy atom. The predicted octanol–water partition coefficient (Wildman–Crippen LogP) is 1.17. The summed E-state index contributed by atoms with van der Waals surface area (Å²) in [6.07, 6.45) is 1.58. The number of H-pyrrole nitrogens is 1. The molecule has 2 aromatic heterocycles. The van der Waals surface area contributed by atoms with Gasteiger partial charge in [0.1, 0.15) is 5.69 Å². The van der Waals surface area contributed by atoms with Crippen molar-refractivity contribution in [3.8, 4) is 11.5 Å². The summed E-state index contributed by atoms with van der Waals surface area (Å²) in [5.74, 6) is 1.24. The maximum atomic E-state index is 11.8. The molecule has 0 atom stereocenters. The zero-order valence-electron chi connectivity index (χ0n) is 11.5. The average Bonchev–Trinajstić information content (AvgIpc) is 3.01. The Labute approximate surface area is 117 Å². The summed E-state index contributed by atoms with van der Waals surface area (Å²) in [6.45, 7) is 6.95. The fraction of sp³-hybridized carbons (Fsp3) is 0.429. The molecule has 20 heavy (non-hydrogen) atoms.